The molecule has 0 saturated carbocycles. The Labute approximate surface area is 115 Å². The minimum atomic E-state index is -0.388. The summed E-state index contributed by atoms with van der Waals surface area (Å²) in [5.74, 6) is 0. The number of benzene rings is 1. The zero-order valence-electron chi connectivity index (χ0n) is 11.8. The third-order valence-electron chi connectivity index (χ3n) is 4.56. The molecule has 1 N–H and O–H groups in total. The van der Waals surface area contributed by atoms with Gasteiger partial charge in [-0.15, -0.1) is 0 Å². The number of aliphatic hydroxyl groups is 1. The van der Waals surface area contributed by atoms with E-state index in [1.165, 1.54) is 38.0 Å². The number of fused-ring (bicyclic) bond motifs is 1. The maximum Gasteiger partial charge on any atom is 0.0781 e. The van der Waals surface area contributed by atoms with Crippen LogP contribution in [0.2, 0.25) is 0 Å². The van der Waals surface area contributed by atoms with E-state index in [4.69, 9.17) is 0 Å². The number of nitrogens with zero attached hydrogens (tertiary/aromatic N) is 2. The van der Waals surface area contributed by atoms with Gasteiger partial charge < -0.3 is 10.0 Å². The van der Waals surface area contributed by atoms with Crippen molar-refractivity contribution in [3.05, 3.63) is 29.8 Å². The Morgan fingerprint density at radius 3 is 2.84 bits per heavy atom. The number of rotatable bonds is 2. The number of piperazine rings is 1. The van der Waals surface area contributed by atoms with Crippen LogP contribution in [0.1, 0.15) is 37.9 Å². The molecule has 2 aliphatic rings. The number of para-hydroxylation sites is 1. The van der Waals surface area contributed by atoms with Crippen molar-refractivity contribution in [2.45, 2.75) is 38.3 Å². The molecule has 0 spiro atoms. The molecule has 2 saturated heterocycles. The molecule has 0 radical (unpaired) electrons. The minimum absolute atomic E-state index is 0.388. The molecule has 104 valence electrons. The minimum Gasteiger partial charge on any atom is -0.389 e. The summed E-state index contributed by atoms with van der Waals surface area (Å²) in [6.45, 7) is 6.50. The highest BCUT2D eigenvalue weighted by Crippen LogP contribution is 2.30. The molecule has 0 aromatic heterocycles. The Morgan fingerprint density at radius 2 is 2.00 bits per heavy atom. The number of anilines is 1. The largest absolute Gasteiger partial charge is 0.389 e. The summed E-state index contributed by atoms with van der Waals surface area (Å²) in [5, 5.41) is 9.93. The van der Waals surface area contributed by atoms with Crippen LogP contribution in [-0.2, 0) is 0 Å². The Hall–Kier alpha value is -1.06. The first-order valence-electron chi connectivity index (χ1n) is 7.51. The van der Waals surface area contributed by atoms with Crippen LogP contribution in [0.5, 0.6) is 0 Å². The summed E-state index contributed by atoms with van der Waals surface area (Å²) < 4.78 is 0. The van der Waals surface area contributed by atoms with Crippen LogP contribution in [0.25, 0.3) is 0 Å². The van der Waals surface area contributed by atoms with E-state index in [-0.39, 0.29) is 6.10 Å². The van der Waals surface area contributed by atoms with Gasteiger partial charge in [-0.2, -0.15) is 0 Å². The molecular weight excluding hydrogens is 236 g/mol. The molecule has 2 atom stereocenters. The zero-order valence-corrected chi connectivity index (χ0v) is 11.8. The molecule has 2 heterocycles. The molecular formula is C16H24N2O. The first-order valence-corrected chi connectivity index (χ1v) is 7.51. The first-order chi connectivity index (χ1) is 9.25. The van der Waals surface area contributed by atoms with E-state index in [0.29, 0.717) is 6.04 Å². The summed E-state index contributed by atoms with van der Waals surface area (Å²) in [5.41, 5.74) is 2.29. The average molecular weight is 260 g/mol. The average Bonchev–Trinajstić information content (AvgIpc) is 2.46. The molecule has 3 rings (SSSR count). The molecule has 2 fully saturated rings. The van der Waals surface area contributed by atoms with Crippen LogP contribution in [0.4, 0.5) is 5.69 Å². The van der Waals surface area contributed by atoms with E-state index < -0.39 is 0 Å². The van der Waals surface area contributed by atoms with Crippen LogP contribution in [0, 0.1) is 0 Å². The number of aliphatic hydroxyl groups excluding tert-OH is 1. The highest BCUT2D eigenvalue weighted by atomic mass is 16.3. The topological polar surface area (TPSA) is 26.7 Å². The second-order valence-electron chi connectivity index (χ2n) is 5.87. The second-order valence-corrected chi connectivity index (χ2v) is 5.87. The van der Waals surface area contributed by atoms with E-state index in [2.05, 4.69) is 21.9 Å². The van der Waals surface area contributed by atoms with Gasteiger partial charge in [-0.1, -0.05) is 24.6 Å². The summed E-state index contributed by atoms with van der Waals surface area (Å²) >= 11 is 0. The summed E-state index contributed by atoms with van der Waals surface area (Å²) in [6, 6.07) is 9.01. The highest BCUT2D eigenvalue weighted by Gasteiger charge is 2.29. The van der Waals surface area contributed by atoms with Crippen molar-refractivity contribution < 1.29 is 5.11 Å². The van der Waals surface area contributed by atoms with E-state index in [9.17, 15) is 5.11 Å². The van der Waals surface area contributed by atoms with Crippen molar-refractivity contribution in [1.29, 1.82) is 0 Å². The molecule has 19 heavy (non-hydrogen) atoms. The molecule has 1 unspecified atom stereocenters. The van der Waals surface area contributed by atoms with Crippen LogP contribution >= 0.6 is 0 Å². The van der Waals surface area contributed by atoms with Crippen molar-refractivity contribution in [3.8, 4) is 0 Å². The number of hydrogen-bond acceptors (Lipinski definition) is 3. The highest BCUT2D eigenvalue weighted by molar-refractivity contribution is 5.55. The van der Waals surface area contributed by atoms with Gasteiger partial charge in [0.15, 0.2) is 0 Å². The van der Waals surface area contributed by atoms with Gasteiger partial charge in [-0.05, 0) is 32.4 Å². The summed E-state index contributed by atoms with van der Waals surface area (Å²) in [7, 11) is 0. The SMILES string of the molecule is C[C@@H](O)c1ccccc1N1CCN2CCCCC2C1. The lowest BCUT2D eigenvalue weighted by molar-refractivity contribution is 0.133. The van der Waals surface area contributed by atoms with Crippen molar-refractivity contribution in [1.82, 2.24) is 4.90 Å². The lowest BCUT2D eigenvalue weighted by atomic mass is 9.98. The molecule has 3 heteroatoms. The maximum atomic E-state index is 9.93. The van der Waals surface area contributed by atoms with Gasteiger partial charge in [0, 0.05) is 36.9 Å². The lowest BCUT2D eigenvalue weighted by Crippen LogP contribution is -2.55. The quantitative estimate of drug-likeness (QED) is 0.884. The number of piperidine rings is 1. The third kappa shape index (κ3) is 2.63. The van der Waals surface area contributed by atoms with Crippen molar-refractivity contribution >= 4 is 5.69 Å². The van der Waals surface area contributed by atoms with Crippen LogP contribution in [0.15, 0.2) is 24.3 Å². The van der Waals surface area contributed by atoms with Crippen LogP contribution in [-0.4, -0.2) is 42.2 Å². The van der Waals surface area contributed by atoms with Gasteiger partial charge in [0.05, 0.1) is 6.10 Å². The van der Waals surface area contributed by atoms with Crippen molar-refractivity contribution in [2.75, 3.05) is 31.1 Å². The Morgan fingerprint density at radius 1 is 1.16 bits per heavy atom. The molecule has 2 aliphatic heterocycles. The van der Waals surface area contributed by atoms with E-state index in [1.54, 1.807) is 0 Å². The second kappa shape index (κ2) is 5.51. The predicted octanol–water partition coefficient (Wildman–Crippen LogP) is 2.41. The fourth-order valence-electron chi connectivity index (χ4n) is 3.50. The maximum absolute atomic E-state index is 9.93. The van der Waals surface area contributed by atoms with Crippen LogP contribution in [0.3, 0.4) is 0 Å². The zero-order chi connectivity index (χ0) is 13.2. The molecule has 0 aliphatic carbocycles. The third-order valence-corrected chi connectivity index (χ3v) is 4.56. The fraction of sp³-hybridized carbons (Fsp3) is 0.625. The van der Waals surface area contributed by atoms with Gasteiger partial charge in [0.25, 0.3) is 0 Å². The van der Waals surface area contributed by atoms with Crippen molar-refractivity contribution in [3.63, 3.8) is 0 Å². The smallest absolute Gasteiger partial charge is 0.0781 e. The van der Waals surface area contributed by atoms with Gasteiger partial charge in [-0.25, -0.2) is 0 Å². The molecule has 1 aromatic carbocycles. The summed E-state index contributed by atoms with van der Waals surface area (Å²) in [6.07, 6.45) is 3.67. The normalized spacial score (nSPS) is 26.0. The van der Waals surface area contributed by atoms with Crippen LogP contribution < -0.4 is 4.90 Å². The van der Waals surface area contributed by atoms with Crippen molar-refractivity contribution in [2.24, 2.45) is 0 Å². The Kier molecular flexibility index (Phi) is 3.76. The molecule has 1 aromatic rings. The van der Waals surface area contributed by atoms with Gasteiger partial charge in [0.2, 0.25) is 0 Å². The Bertz CT molecular complexity index is 433. The molecule has 0 bridgehead atoms. The van der Waals surface area contributed by atoms with Gasteiger partial charge in [0.1, 0.15) is 0 Å². The lowest BCUT2D eigenvalue weighted by Gasteiger charge is -2.45. The predicted molar refractivity (Wildman–Crippen MR) is 78.5 cm³/mol. The van der Waals surface area contributed by atoms with Gasteiger partial charge in [-0.3, -0.25) is 4.90 Å². The molecule has 0 amide bonds. The monoisotopic (exact) mass is 260 g/mol. The summed E-state index contributed by atoms with van der Waals surface area (Å²) in [4.78, 5) is 5.11. The molecule has 3 nitrogen and oxygen atoms in total. The standard InChI is InChI=1S/C16H24N2O/c1-13(19)15-7-2-3-8-16(15)18-11-10-17-9-5-4-6-14(17)12-18/h2-3,7-8,13-14,19H,4-6,9-12H2,1H3/t13-,14?/m1/s1. The number of hydrogen-bond donors (Lipinski definition) is 1. The van der Waals surface area contributed by atoms with E-state index in [1.807, 2.05) is 19.1 Å². The fourth-order valence-corrected chi connectivity index (χ4v) is 3.50. The Balaban J connectivity index is 1.79. The van der Waals surface area contributed by atoms with E-state index >= 15 is 0 Å². The van der Waals surface area contributed by atoms with Gasteiger partial charge >= 0.3 is 0 Å². The first kappa shape index (κ1) is 12.9. The van der Waals surface area contributed by atoms with E-state index in [0.717, 1.165) is 18.7 Å².